The number of hydrogen-bond acceptors (Lipinski definition) is 5. The van der Waals surface area contributed by atoms with E-state index in [-0.39, 0.29) is 23.1 Å². The number of carbonyl (C=O) groups is 1. The van der Waals surface area contributed by atoms with Gasteiger partial charge in [-0.15, -0.1) is 11.3 Å². The van der Waals surface area contributed by atoms with Crippen molar-refractivity contribution in [2.75, 3.05) is 18.0 Å². The molecule has 7 heteroatoms. The Balaban J connectivity index is 1.32. The van der Waals surface area contributed by atoms with Crippen LogP contribution in [0.15, 0.2) is 77.9 Å². The highest BCUT2D eigenvalue weighted by Gasteiger charge is 2.24. The van der Waals surface area contributed by atoms with E-state index in [2.05, 4.69) is 39.5 Å². The van der Waals surface area contributed by atoms with E-state index in [1.54, 1.807) is 6.20 Å². The molecule has 4 aromatic rings. The fourth-order valence-electron chi connectivity index (χ4n) is 4.20. The van der Waals surface area contributed by atoms with Crippen molar-refractivity contribution in [2.24, 2.45) is 0 Å². The molecule has 0 spiro atoms. The first-order valence-electron chi connectivity index (χ1n) is 10.8. The molecule has 2 aromatic heterocycles. The van der Waals surface area contributed by atoms with Gasteiger partial charge in [-0.05, 0) is 30.5 Å². The molecule has 1 atom stereocenters. The van der Waals surface area contributed by atoms with E-state index in [0.717, 1.165) is 42.9 Å². The maximum Gasteiger partial charge on any atom is 0.271 e. The van der Waals surface area contributed by atoms with Crippen LogP contribution in [-0.2, 0) is 6.42 Å². The first-order valence-corrected chi connectivity index (χ1v) is 11.6. The lowest BCUT2D eigenvalue weighted by atomic mass is 10.0. The van der Waals surface area contributed by atoms with E-state index in [9.17, 15) is 9.59 Å². The SMILES string of the molecule is O=C(NC1CCCN(c2ccccc2)C1)c1cnc2sc(Cc3ccccc3)cn2c1=O. The molecule has 162 valence electrons. The molecule has 0 bridgehead atoms. The van der Waals surface area contributed by atoms with E-state index in [1.807, 2.05) is 36.4 Å². The second kappa shape index (κ2) is 8.96. The lowest BCUT2D eigenvalue weighted by molar-refractivity contribution is 0.0931. The number of fused-ring (bicyclic) bond motifs is 1. The van der Waals surface area contributed by atoms with Gasteiger partial charge in [0.15, 0.2) is 4.96 Å². The van der Waals surface area contributed by atoms with Gasteiger partial charge in [0.1, 0.15) is 5.56 Å². The fourth-order valence-corrected chi connectivity index (χ4v) is 5.17. The van der Waals surface area contributed by atoms with Gasteiger partial charge in [0.05, 0.1) is 0 Å². The quantitative estimate of drug-likeness (QED) is 0.509. The molecule has 1 unspecified atom stereocenters. The van der Waals surface area contributed by atoms with Crippen molar-refractivity contribution in [3.05, 3.63) is 99.4 Å². The second-order valence-electron chi connectivity index (χ2n) is 8.08. The topological polar surface area (TPSA) is 66.7 Å². The van der Waals surface area contributed by atoms with Crippen LogP contribution in [0.25, 0.3) is 4.96 Å². The molecule has 6 nitrogen and oxygen atoms in total. The Labute approximate surface area is 190 Å². The predicted molar refractivity (Wildman–Crippen MR) is 128 cm³/mol. The molecule has 1 N–H and O–H groups in total. The Morgan fingerprint density at radius 1 is 1.09 bits per heavy atom. The molecule has 0 aliphatic carbocycles. The average molecular weight is 445 g/mol. The van der Waals surface area contributed by atoms with E-state index >= 15 is 0 Å². The number of amides is 1. The summed E-state index contributed by atoms with van der Waals surface area (Å²) in [5.74, 6) is -0.354. The normalized spacial score (nSPS) is 16.2. The van der Waals surface area contributed by atoms with Crippen molar-refractivity contribution in [1.82, 2.24) is 14.7 Å². The monoisotopic (exact) mass is 444 g/mol. The molecule has 0 radical (unpaired) electrons. The van der Waals surface area contributed by atoms with Gasteiger partial charge in [-0.1, -0.05) is 48.5 Å². The number of aromatic nitrogens is 2. The highest BCUT2D eigenvalue weighted by atomic mass is 32.1. The van der Waals surface area contributed by atoms with Gasteiger partial charge < -0.3 is 10.2 Å². The van der Waals surface area contributed by atoms with Crippen LogP contribution < -0.4 is 15.8 Å². The fraction of sp³-hybridized carbons (Fsp3) is 0.240. The van der Waals surface area contributed by atoms with Crippen molar-refractivity contribution < 1.29 is 4.79 Å². The zero-order valence-corrected chi connectivity index (χ0v) is 18.4. The third-order valence-electron chi connectivity index (χ3n) is 5.80. The number of benzene rings is 2. The minimum absolute atomic E-state index is 0.00679. The number of rotatable bonds is 5. The van der Waals surface area contributed by atoms with Crippen LogP contribution in [0.5, 0.6) is 0 Å². The van der Waals surface area contributed by atoms with Crippen LogP contribution >= 0.6 is 11.3 Å². The first kappa shape index (κ1) is 20.5. The molecule has 32 heavy (non-hydrogen) atoms. The maximum absolute atomic E-state index is 13.0. The molecular formula is C25H24N4O2S. The number of anilines is 1. The smallest absolute Gasteiger partial charge is 0.271 e. The summed E-state index contributed by atoms with van der Waals surface area (Å²) in [6.45, 7) is 1.69. The van der Waals surface area contributed by atoms with Crippen LogP contribution in [0.2, 0.25) is 0 Å². The van der Waals surface area contributed by atoms with E-state index in [1.165, 1.54) is 27.5 Å². The number of carbonyl (C=O) groups excluding carboxylic acids is 1. The van der Waals surface area contributed by atoms with Gasteiger partial charge in [-0.25, -0.2) is 4.98 Å². The minimum Gasteiger partial charge on any atom is -0.369 e. The first-order chi connectivity index (χ1) is 15.7. The molecule has 5 rings (SSSR count). The van der Waals surface area contributed by atoms with Crippen LogP contribution in [0.4, 0.5) is 5.69 Å². The summed E-state index contributed by atoms with van der Waals surface area (Å²) in [6, 6.07) is 20.3. The Morgan fingerprint density at radius 3 is 2.62 bits per heavy atom. The molecule has 3 heterocycles. The van der Waals surface area contributed by atoms with Crippen LogP contribution in [0.1, 0.15) is 33.6 Å². The average Bonchev–Trinajstić information content (AvgIpc) is 3.24. The van der Waals surface area contributed by atoms with Crippen LogP contribution in [0.3, 0.4) is 0 Å². The zero-order chi connectivity index (χ0) is 21.9. The Kier molecular flexibility index (Phi) is 5.73. The highest BCUT2D eigenvalue weighted by molar-refractivity contribution is 7.17. The predicted octanol–water partition coefficient (Wildman–Crippen LogP) is 3.75. The van der Waals surface area contributed by atoms with Gasteiger partial charge in [0.25, 0.3) is 11.5 Å². The summed E-state index contributed by atoms with van der Waals surface area (Å²) in [4.78, 5) is 34.3. The van der Waals surface area contributed by atoms with E-state index in [4.69, 9.17) is 0 Å². The zero-order valence-electron chi connectivity index (χ0n) is 17.6. The van der Waals surface area contributed by atoms with Crippen molar-refractivity contribution >= 4 is 27.9 Å². The van der Waals surface area contributed by atoms with Crippen LogP contribution in [-0.4, -0.2) is 34.4 Å². The molecule has 0 saturated carbocycles. The largest absolute Gasteiger partial charge is 0.369 e. The summed E-state index contributed by atoms with van der Waals surface area (Å²) in [6.07, 6.45) is 5.83. The van der Waals surface area contributed by atoms with Gasteiger partial charge in [-0.2, -0.15) is 0 Å². The van der Waals surface area contributed by atoms with E-state index < -0.39 is 0 Å². The number of thiazole rings is 1. The maximum atomic E-state index is 13.0. The summed E-state index contributed by atoms with van der Waals surface area (Å²) < 4.78 is 1.50. The Hall–Kier alpha value is -3.45. The van der Waals surface area contributed by atoms with Gasteiger partial charge >= 0.3 is 0 Å². The summed E-state index contributed by atoms with van der Waals surface area (Å²) in [5.41, 5.74) is 2.09. The number of hydrogen-bond donors (Lipinski definition) is 1. The van der Waals surface area contributed by atoms with E-state index in [0.29, 0.717) is 4.96 Å². The molecule has 1 fully saturated rings. The Bertz CT molecular complexity index is 1280. The van der Waals surface area contributed by atoms with Gasteiger partial charge in [-0.3, -0.25) is 14.0 Å². The van der Waals surface area contributed by atoms with Crippen LogP contribution in [0, 0.1) is 0 Å². The molecule has 1 aliphatic heterocycles. The second-order valence-corrected chi connectivity index (χ2v) is 9.18. The third kappa shape index (κ3) is 4.29. The van der Waals surface area contributed by atoms with Crippen molar-refractivity contribution in [3.63, 3.8) is 0 Å². The number of nitrogens with zero attached hydrogens (tertiary/aromatic N) is 3. The summed E-state index contributed by atoms with van der Waals surface area (Å²) in [5, 5.41) is 3.06. The summed E-state index contributed by atoms with van der Waals surface area (Å²) >= 11 is 1.47. The standard InChI is InChI=1S/C25H24N4O2S/c30-23(27-19-10-7-13-28(16-19)20-11-5-2-6-12-20)22-15-26-25-29(24(22)31)17-21(32-25)14-18-8-3-1-4-9-18/h1-6,8-9,11-12,15,17,19H,7,10,13-14,16H2,(H,27,30). The van der Waals surface area contributed by atoms with Crippen molar-refractivity contribution in [1.29, 1.82) is 0 Å². The highest BCUT2D eigenvalue weighted by Crippen LogP contribution is 2.20. The lowest BCUT2D eigenvalue weighted by Gasteiger charge is -2.34. The number of para-hydroxylation sites is 1. The van der Waals surface area contributed by atoms with Crippen molar-refractivity contribution in [2.45, 2.75) is 25.3 Å². The molecule has 1 aliphatic rings. The molecule has 1 amide bonds. The molecule has 2 aromatic carbocycles. The van der Waals surface area contributed by atoms with Crippen molar-refractivity contribution in [3.8, 4) is 0 Å². The Morgan fingerprint density at radius 2 is 1.84 bits per heavy atom. The number of piperidine rings is 1. The summed E-state index contributed by atoms with van der Waals surface area (Å²) in [7, 11) is 0. The lowest BCUT2D eigenvalue weighted by Crippen LogP contribution is -2.48. The third-order valence-corrected chi connectivity index (χ3v) is 6.80. The minimum atomic E-state index is -0.354. The van der Waals surface area contributed by atoms with Gasteiger partial charge in [0.2, 0.25) is 0 Å². The number of nitrogens with one attached hydrogen (secondary N) is 1. The molecule has 1 saturated heterocycles. The molecular weight excluding hydrogens is 420 g/mol. The van der Waals surface area contributed by atoms with Gasteiger partial charge in [0, 0.05) is 48.5 Å².